The Morgan fingerprint density at radius 2 is 1.73 bits per heavy atom. The third kappa shape index (κ3) is 3.64. The van der Waals surface area contributed by atoms with Crippen molar-refractivity contribution in [3.63, 3.8) is 0 Å². The fraction of sp³-hybridized carbons (Fsp3) is 0.619. The number of hydrogen-bond donors (Lipinski definition) is 1. The van der Waals surface area contributed by atoms with Crippen molar-refractivity contribution in [2.75, 3.05) is 19.4 Å². The van der Waals surface area contributed by atoms with Crippen molar-refractivity contribution < 1.29 is 14.3 Å². The zero-order valence-electron chi connectivity index (χ0n) is 15.3. The first kappa shape index (κ1) is 17.9. The second kappa shape index (κ2) is 7.26. The van der Waals surface area contributed by atoms with Gasteiger partial charge in [0.05, 0.1) is 5.56 Å². The first-order valence-corrected chi connectivity index (χ1v) is 10.9. The first-order chi connectivity index (χ1) is 12.6. The molecule has 0 atom stereocenters. The normalized spacial score (nSPS) is 31.7. The van der Waals surface area contributed by atoms with Crippen LogP contribution in [0, 0.1) is 23.2 Å². The van der Waals surface area contributed by atoms with E-state index in [-0.39, 0.29) is 12.5 Å². The fourth-order valence-corrected chi connectivity index (χ4v) is 6.45. The maximum Gasteiger partial charge on any atom is 0.339 e. The number of rotatable bonds is 6. The number of carbonyl (C=O) groups is 2. The first-order valence-electron chi connectivity index (χ1n) is 9.64. The number of hydrogen-bond acceptors (Lipinski definition) is 4. The Balaban J connectivity index is 1.28. The largest absolute Gasteiger partial charge is 0.452 e. The Morgan fingerprint density at radius 1 is 1.12 bits per heavy atom. The number of benzene rings is 1. The van der Waals surface area contributed by atoms with E-state index in [0.29, 0.717) is 11.0 Å². The average Bonchev–Trinajstić information content (AvgIpc) is 2.63. The summed E-state index contributed by atoms with van der Waals surface area (Å²) in [4.78, 5) is 25.3. The molecule has 4 fully saturated rings. The van der Waals surface area contributed by atoms with Crippen molar-refractivity contribution >= 4 is 23.6 Å². The van der Waals surface area contributed by atoms with E-state index in [1.54, 1.807) is 6.07 Å². The van der Waals surface area contributed by atoms with Crippen molar-refractivity contribution in [2.45, 2.75) is 43.4 Å². The number of ether oxygens (including phenoxy) is 1. The summed E-state index contributed by atoms with van der Waals surface area (Å²) in [7, 11) is 0. The summed E-state index contributed by atoms with van der Waals surface area (Å²) in [5, 5.41) is 3.05. The van der Waals surface area contributed by atoms with Crippen LogP contribution in [-0.2, 0) is 9.53 Å². The number of amides is 1. The van der Waals surface area contributed by atoms with Crippen LogP contribution < -0.4 is 5.32 Å². The van der Waals surface area contributed by atoms with Crippen LogP contribution in [0.4, 0.5) is 0 Å². The van der Waals surface area contributed by atoms with Crippen LogP contribution in [0.5, 0.6) is 0 Å². The highest BCUT2D eigenvalue weighted by molar-refractivity contribution is 7.98. The number of carbonyl (C=O) groups excluding carboxylic acids is 2. The minimum Gasteiger partial charge on any atom is -0.452 e. The van der Waals surface area contributed by atoms with Crippen LogP contribution in [0.1, 0.15) is 48.9 Å². The predicted octanol–water partition coefficient (Wildman–Crippen LogP) is 3.90. The molecule has 0 heterocycles. The van der Waals surface area contributed by atoms with E-state index >= 15 is 0 Å². The second-order valence-corrected chi connectivity index (χ2v) is 9.32. The molecule has 4 aliphatic rings. The van der Waals surface area contributed by atoms with E-state index in [2.05, 4.69) is 5.32 Å². The lowest BCUT2D eigenvalue weighted by atomic mass is 9.49. The van der Waals surface area contributed by atoms with Crippen LogP contribution in [-0.4, -0.2) is 31.3 Å². The lowest BCUT2D eigenvalue weighted by molar-refractivity contribution is -0.126. The van der Waals surface area contributed by atoms with Gasteiger partial charge in [0.25, 0.3) is 5.91 Å². The molecular weight excluding hydrogens is 346 g/mol. The van der Waals surface area contributed by atoms with Crippen LogP contribution in [0.25, 0.3) is 0 Å². The quantitative estimate of drug-likeness (QED) is 0.607. The molecule has 4 bridgehead atoms. The van der Waals surface area contributed by atoms with Gasteiger partial charge in [-0.1, -0.05) is 12.1 Å². The fourth-order valence-electron chi connectivity index (χ4n) is 5.87. The Morgan fingerprint density at radius 3 is 2.35 bits per heavy atom. The molecular formula is C21H27NO3S. The summed E-state index contributed by atoms with van der Waals surface area (Å²) in [6.45, 7) is 0.544. The predicted molar refractivity (Wildman–Crippen MR) is 102 cm³/mol. The van der Waals surface area contributed by atoms with E-state index < -0.39 is 5.97 Å². The molecule has 5 rings (SSSR count). The van der Waals surface area contributed by atoms with E-state index in [1.807, 2.05) is 24.5 Å². The smallest absolute Gasteiger partial charge is 0.339 e. The van der Waals surface area contributed by atoms with Gasteiger partial charge in [0.2, 0.25) is 0 Å². The Bertz CT molecular complexity index is 667. The third-order valence-electron chi connectivity index (χ3n) is 6.49. The average molecular weight is 374 g/mol. The highest BCUT2D eigenvalue weighted by atomic mass is 32.2. The Labute approximate surface area is 159 Å². The molecule has 4 saturated carbocycles. The van der Waals surface area contributed by atoms with Gasteiger partial charge in [0.15, 0.2) is 6.61 Å². The molecule has 4 aliphatic carbocycles. The molecule has 4 nitrogen and oxygen atoms in total. The number of esters is 1. The van der Waals surface area contributed by atoms with Gasteiger partial charge < -0.3 is 10.1 Å². The highest BCUT2D eigenvalue weighted by Gasteiger charge is 2.50. The topological polar surface area (TPSA) is 55.4 Å². The minimum absolute atomic E-state index is 0.185. The summed E-state index contributed by atoms with van der Waals surface area (Å²) in [5.74, 6) is 2.01. The maximum absolute atomic E-state index is 12.2. The van der Waals surface area contributed by atoms with Gasteiger partial charge >= 0.3 is 5.97 Å². The molecule has 0 spiro atoms. The Kier molecular flexibility index (Phi) is 5.00. The lowest BCUT2D eigenvalue weighted by Gasteiger charge is -2.56. The summed E-state index contributed by atoms with van der Waals surface area (Å²) in [6.07, 6.45) is 9.92. The van der Waals surface area contributed by atoms with Crippen LogP contribution in [0.2, 0.25) is 0 Å². The standard InChI is InChI=1S/C21H27NO3S/c1-26-18-5-3-2-4-17(18)20(24)25-12-19(23)22-13-21-9-14-6-15(10-21)8-16(7-14)11-21/h2-5,14-16H,6-13H2,1H3,(H,22,23). The van der Waals surface area contributed by atoms with Crippen molar-refractivity contribution in [1.82, 2.24) is 5.32 Å². The molecule has 1 aromatic carbocycles. The molecule has 26 heavy (non-hydrogen) atoms. The van der Waals surface area contributed by atoms with Crippen molar-refractivity contribution in [3.8, 4) is 0 Å². The van der Waals surface area contributed by atoms with Crippen LogP contribution >= 0.6 is 11.8 Å². The zero-order chi connectivity index (χ0) is 18.1. The SMILES string of the molecule is CSc1ccccc1C(=O)OCC(=O)NCC12CC3CC(CC(C3)C1)C2. The number of thioether (sulfide) groups is 1. The molecule has 1 N–H and O–H groups in total. The van der Waals surface area contributed by atoms with Crippen LogP contribution in [0.3, 0.4) is 0 Å². The van der Waals surface area contributed by atoms with Gasteiger partial charge in [0, 0.05) is 11.4 Å². The van der Waals surface area contributed by atoms with Crippen LogP contribution in [0.15, 0.2) is 29.2 Å². The molecule has 0 aliphatic heterocycles. The van der Waals surface area contributed by atoms with Gasteiger partial charge in [-0.05, 0) is 80.1 Å². The van der Waals surface area contributed by atoms with Gasteiger partial charge in [-0.3, -0.25) is 4.79 Å². The molecule has 1 amide bonds. The third-order valence-corrected chi connectivity index (χ3v) is 7.28. The van der Waals surface area contributed by atoms with Gasteiger partial charge in [-0.25, -0.2) is 4.79 Å². The molecule has 140 valence electrons. The maximum atomic E-state index is 12.2. The van der Waals surface area contributed by atoms with E-state index in [9.17, 15) is 9.59 Å². The lowest BCUT2D eigenvalue weighted by Crippen LogP contribution is -2.51. The monoisotopic (exact) mass is 373 g/mol. The minimum atomic E-state index is -0.431. The zero-order valence-corrected chi connectivity index (χ0v) is 16.1. The van der Waals surface area contributed by atoms with Gasteiger partial charge in [-0.2, -0.15) is 0 Å². The van der Waals surface area contributed by atoms with E-state index in [4.69, 9.17) is 4.74 Å². The molecule has 0 unspecified atom stereocenters. The van der Waals surface area contributed by atoms with E-state index in [0.717, 1.165) is 29.2 Å². The van der Waals surface area contributed by atoms with Crippen molar-refractivity contribution in [2.24, 2.45) is 23.2 Å². The van der Waals surface area contributed by atoms with E-state index in [1.165, 1.54) is 50.3 Å². The molecule has 1 aromatic rings. The highest BCUT2D eigenvalue weighted by Crippen LogP contribution is 2.59. The summed E-state index contributed by atoms with van der Waals surface area (Å²) < 4.78 is 5.24. The van der Waals surface area contributed by atoms with Crippen molar-refractivity contribution in [3.05, 3.63) is 29.8 Å². The molecule has 0 aromatic heterocycles. The van der Waals surface area contributed by atoms with Gasteiger partial charge in [-0.15, -0.1) is 11.8 Å². The van der Waals surface area contributed by atoms with Crippen molar-refractivity contribution in [1.29, 1.82) is 0 Å². The molecule has 0 saturated heterocycles. The number of nitrogens with one attached hydrogen (secondary N) is 1. The Hall–Kier alpha value is -1.49. The second-order valence-electron chi connectivity index (χ2n) is 8.47. The van der Waals surface area contributed by atoms with Gasteiger partial charge in [0.1, 0.15) is 0 Å². The summed E-state index contributed by atoms with van der Waals surface area (Å²) in [6, 6.07) is 7.32. The summed E-state index contributed by atoms with van der Waals surface area (Å²) >= 11 is 1.50. The molecule has 5 heteroatoms. The summed E-state index contributed by atoms with van der Waals surface area (Å²) in [5.41, 5.74) is 0.828. The molecule has 0 radical (unpaired) electrons.